The third kappa shape index (κ3) is 6.07. The fourth-order valence-electron chi connectivity index (χ4n) is 2.69. The van der Waals surface area contributed by atoms with Crippen LogP contribution in [-0.2, 0) is 12.8 Å². The molecule has 0 radical (unpaired) electrons. The van der Waals surface area contributed by atoms with Gasteiger partial charge in [-0.2, -0.15) is 0 Å². The fraction of sp³-hybridized carbons (Fsp3) is 0.476. The van der Waals surface area contributed by atoms with E-state index in [2.05, 4.69) is 32.0 Å². The van der Waals surface area contributed by atoms with E-state index in [0.29, 0.717) is 12.8 Å². The smallest absolute Gasteiger partial charge is 0.172 e. The van der Waals surface area contributed by atoms with Gasteiger partial charge in [-0.05, 0) is 75.3 Å². The van der Waals surface area contributed by atoms with Gasteiger partial charge in [-0.1, -0.05) is 18.2 Å². The van der Waals surface area contributed by atoms with Crippen molar-refractivity contribution < 1.29 is 9.90 Å². The second kappa shape index (κ2) is 8.75. The lowest BCUT2D eigenvalue weighted by atomic mass is 9.98. The number of hydrogen-bond donors (Lipinski definition) is 2. The van der Waals surface area contributed by atoms with Crippen LogP contribution in [-0.4, -0.2) is 23.0 Å². The van der Waals surface area contributed by atoms with Crippen LogP contribution in [0.4, 0.5) is 0 Å². The highest BCUT2D eigenvalue weighted by Gasteiger charge is 2.17. The zero-order valence-electron chi connectivity index (χ0n) is 15.5. The number of hydrogen-bond acceptors (Lipinski definition) is 4. The first kappa shape index (κ1) is 19.8. The van der Waals surface area contributed by atoms with E-state index in [1.54, 1.807) is 11.3 Å². The van der Waals surface area contributed by atoms with Crippen molar-refractivity contribution >= 4 is 17.1 Å². The molecule has 2 aromatic rings. The number of aliphatic hydroxyl groups excluding tert-OH is 1. The van der Waals surface area contributed by atoms with Crippen LogP contribution in [0.15, 0.2) is 30.3 Å². The third-order valence-electron chi connectivity index (χ3n) is 4.68. The summed E-state index contributed by atoms with van der Waals surface area (Å²) in [5, 5.41) is 9.21. The molecule has 0 saturated heterocycles. The summed E-state index contributed by atoms with van der Waals surface area (Å²) in [4.78, 5) is 14.4. The topological polar surface area (TPSA) is 63.3 Å². The van der Waals surface area contributed by atoms with E-state index in [1.165, 1.54) is 16.7 Å². The van der Waals surface area contributed by atoms with Crippen molar-refractivity contribution in [3.63, 3.8) is 0 Å². The Hall–Kier alpha value is -1.49. The Bertz CT molecular complexity index is 718. The third-order valence-corrected chi connectivity index (χ3v) is 5.87. The SMILES string of the molecule is Cc1ccc(CCCC(=O)c2ccc(CCC(C)(N)CO)s2)cc1C. The summed E-state index contributed by atoms with van der Waals surface area (Å²) in [5.41, 5.74) is 9.32. The maximum Gasteiger partial charge on any atom is 0.172 e. The number of nitrogens with two attached hydrogens (primary N) is 1. The standard InChI is InChI=1S/C21H29NO2S/c1-15-7-8-17(13-16(15)2)5-4-6-19(24)20-10-9-18(25-20)11-12-21(3,22)14-23/h7-10,13,23H,4-6,11-12,14,22H2,1-3H3. The molecule has 3 N–H and O–H groups in total. The molecule has 136 valence electrons. The van der Waals surface area contributed by atoms with Crippen molar-refractivity contribution in [2.75, 3.05) is 6.61 Å². The van der Waals surface area contributed by atoms with E-state index >= 15 is 0 Å². The molecule has 0 aliphatic rings. The van der Waals surface area contributed by atoms with E-state index in [1.807, 2.05) is 19.1 Å². The summed E-state index contributed by atoms with van der Waals surface area (Å²) in [6, 6.07) is 10.4. The molecule has 0 aliphatic carbocycles. The van der Waals surface area contributed by atoms with Crippen LogP contribution >= 0.6 is 11.3 Å². The van der Waals surface area contributed by atoms with E-state index in [-0.39, 0.29) is 12.4 Å². The van der Waals surface area contributed by atoms with Crippen molar-refractivity contribution in [2.24, 2.45) is 5.73 Å². The van der Waals surface area contributed by atoms with E-state index < -0.39 is 5.54 Å². The Labute approximate surface area is 154 Å². The molecule has 25 heavy (non-hydrogen) atoms. The number of carbonyl (C=O) groups excluding carboxylic acids is 1. The number of benzene rings is 1. The van der Waals surface area contributed by atoms with Gasteiger partial charge in [0.1, 0.15) is 0 Å². The van der Waals surface area contributed by atoms with Crippen LogP contribution in [0.5, 0.6) is 0 Å². The lowest BCUT2D eigenvalue weighted by Crippen LogP contribution is -2.40. The maximum atomic E-state index is 12.4. The van der Waals surface area contributed by atoms with Crippen LogP contribution in [0.25, 0.3) is 0 Å². The van der Waals surface area contributed by atoms with Crippen molar-refractivity contribution in [3.05, 3.63) is 56.8 Å². The molecule has 4 heteroatoms. The summed E-state index contributed by atoms with van der Waals surface area (Å²) in [6.45, 7) is 6.06. The predicted molar refractivity (Wildman–Crippen MR) is 106 cm³/mol. The molecule has 0 saturated carbocycles. The molecule has 1 heterocycles. The first-order valence-corrected chi connectivity index (χ1v) is 9.70. The van der Waals surface area contributed by atoms with Crippen LogP contribution in [0, 0.1) is 13.8 Å². The van der Waals surface area contributed by atoms with Gasteiger partial charge in [0.2, 0.25) is 0 Å². The number of thiophene rings is 1. The number of Topliss-reactive ketones (excluding diaryl/α,β-unsaturated/α-hetero) is 1. The van der Waals surface area contributed by atoms with Gasteiger partial charge in [0, 0.05) is 16.8 Å². The quantitative estimate of drug-likeness (QED) is 0.659. The van der Waals surface area contributed by atoms with Gasteiger partial charge in [0.15, 0.2) is 5.78 Å². The largest absolute Gasteiger partial charge is 0.394 e. The average molecular weight is 360 g/mol. The summed E-state index contributed by atoms with van der Waals surface area (Å²) in [7, 11) is 0. The van der Waals surface area contributed by atoms with Crippen molar-refractivity contribution in [1.29, 1.82) is 0 Å². The number of aryl methyl sites for hydroxylation is 4. The first-order chi connectivity index (χ1) is 11.8. The highest BCUT2D eigenvalue weighted by molar-refractivity contribution is 7.14. The first-order valence-electron chi connectivity index (χ1n) is 8.88. The Morgan fingerprint density at radius 3 is 2.60 bits per heavy atom. The second-order valence-electron chi connectivity index (χ2n) is 7.27. The zero-order valence-corrected chi connectivity index (χ0v) is 16.3. The van der Waals surface area contributed by atoms with Gasteiger partial charge in [-0.15, -0.1) is 11.3 Å². The Balaban J connectivity index is 1.82. The van der Waals surface area contributed by atoms with Crippen molar-refractivity contribution in [3.8, 4) is 0 Å². The van der Waals surface area contributed by atoms with Gasteiger partial charge in [-0.3, -0.25) is 4.79 Å². The molecule has 1 unspecified atom stereocenters. The van der Waals surface area contributed by atoms with E-state index in [9.17, 15) is 9.90 Å². The molecule has 0 fully saturated rings. The summed E-state index contributed by atoms with van der Waals surface area (Å²) in [6.07, 6.45) is 3.91. The number of ketones is 1. The molecule has 0 spiro atoms. The molecule has 2 rings (SSSR count). The molecular weight excluding hydrogens is 330 g/mol. The Kier molecular flexibility index (Phi) is 6.94. The Morgan fingerprint density at radius 1 is 1.16 bits per heavy atom. The van der Waals surface area contributed by atoms with Gasteiger partial charge in [0.05, 0.1) is 11.5 Å². The van der Waals surface area contributed by atoms with Crippen LogP contribution in [0.1, 0.15) is 57.4 Å². The monoisotopic (exact) mass is 359 g/mol. The fourth-order valence-corrected chi connectivity index (χ4v) is 3.66. The maximum absolute atomic E-state index is 12.4. The highest BCUT2D eigenvalue weighted by Crippen LogP contribution is 2.22. The van der Waals surface area contributed by atoms with Gasteiger partial charge >= 0.3 is 0 Å². The molecule has 0 bridgehead atoms. The molecular formula is C21H29NO2S. The van der Waals surface area contributed by atoms with Gasteiger partial charge in [-0.25, -0.2) is 0 Å². The van der Waals surface area contributed by atoms with Crippen molar-refractivity contribution in [2.45, 2.75) is 58.4 Å². The summed E-state index contributed by atoms with van der Waals surface area (Å²) < 4.78 is 0. The predicted octanol–water partition coefficient (Wildman–Crippen LogP) is 4.21. The summed E-state index contributed by atoms with van der Waals surface area (Å²) in [5.74, 6) is 0.220. The lowest BCUT2D eigenvalue weighted by molar-refractivity contribution is 0.0984. The molecule has 1 aromatic carbocycles. The number of aliphatic hydroxyl groups is 1. The van der Waals surface area contributed by atoms with E-state index in [4.69, 9.17) is 5.73 Å². The van der Waals surface area contributed by atoms with Crippen molar-refractivity contribution in [1.82, 2.24) is 0 Å². The molecule has 1 atom stereocenters. The van der Waals surface area contributed by atoms with Crippen LogP contribution < -0.4 is 5.73 Å². The highest BCUT2D eigenvalue weighted by atomic mass is 32.1. The molecule has 0 amide bonds. The van der Waals surface area contributed by atoms with Gasteiger partial charge < -0.3 is 10.8 Å². The Morgan fingerprint density at radius 2 is 1.92 bits per heavy atom. The minimum Gasteiger partial charge on any atom is -0.394 e. The molecule has 0 aliphatic heterocycles. The molecule has 3 nitrogen and oxygen atoms in total. The van der Waals surface area contributed by atoms with Crippen LogP contribution in [0.3, 0.4) is 0 Å². The normalized spacial score (nSPS) is 13.6. The van der Waals surface area contributed by atoms with E-state index in [0.717, 1.165) is 29.0 Å². The minimum absolute atomic E-state index is 0.0252. The van der Waals surface area contributed by atoms with Crippen LogP contribution in [0.2, 0.25) is 0 Å². The second-order valence-corrected chi connectivity index (χ2v) is 8.44. The number of carbonyl (C=O) groups is 1. The van der Waals surface area contributed by atoms with Gasteiger partial charge in [0.25, 0.3) is 0 Å². The summed E-state index contributed by atoms with van der Waals surface area (Å²) >= 11 is 1.56. The lowest BCUT2D eigenvalue weighted by Gasteiger charge is -2.20. The zero-order chi connectivity index (χ0) is 18.4. The average Bonchev–Trinajstić information content (AvgIpc) is 3.05. The number of rotatable bonds is 9. The molecule has 1 aromatic heterocycles. The minimum atomic E-state index is -0.555.